The van der Waals surface area contributed by atoms with Crippen LogP contribution in [0.2, 0.25) is 5.02 Å². The van der Waals surface area contributed by atoms with Crippen LogP contribution in [-0.4, -0.2) is 14.9 Å². The maximum atomic E-state index is 13.6. The predicted octanol–water partition coefficient (Wildman–Crippen LogP) is 2.88. The molecule has 18 heavy (non-hydrogen) atoms. The van der Waals surface area contributed by atoms with Crippen molar-refractivity contribution in [3.8, 4) is 0 Å². The summed E-state index contributed by atoms with van der Waals surface area (Å²) in [4.78, 5) is 0. The maximum absolute atomic E-state index is 13.6. The fourth-order valence-corrected chi connectivity index (χ4v) is 1.99. The zero-order valence-corrected chi connectivity index (χ0v) is 10.7. The number of hydrogen-bond acceptors (Lipinski definition) is 2. The molecule has 0 aliphatic carbocycles. The summed E-state index contributed by atoms with van der Waals surface area (Å²) in [6.07, 6.45) is 3.89. The van der Waals surface area contributed by atoms with Gasteiger partial charge in [0.2, 0.25) is 0 Å². The van der Waals surface area contributed by atoms with Crippen molar-refractivity contribution in [3.05, 3.63) is 52.6 Å². The quantitative estimate of drug-likeness (QED) is 0.926. The zero-order valence-electron chi connectivity index (χ0n) is 9.98. The van der Waals surface area contributed by atoms with Crippen LogP contribution in [0.4, 0.5) is 4.39 Å². The molecule has 96 valence electrons. The topological polar surface area (TPSA) is 38.0 Å². The average molecular weight is 269 g/mol. The van der Waals surface area contributed by atoms with E-state index in [2.05, 4.69) is 5.10 Å². The molecule has 0 aliphatic heterocycles. The van der Waals surface area contributed by atoms with E-state index in [1.165, 1.54) is 12.1 Å². The summed E-state index contributed by atoms with van der Waals surface area (Å²) in [5.41, 5.74) is 1.30. The fourth-order valence-electron chi connectivity index (χ4n) is 1.83. The van der Waals surface area contributed by atoms with Crippen LogP contribution in [-0.2, 0) is 13.5 Å². The van der Waals surface area contributed by atoms with E-state index in [4.69, 9.17) is 11.6 Å². The highest BCUT2D eigenvalue weighted by atomic mass is 35.5. The summed E-state index contributed by atoms with van der Waals surface area (Å²) in [6.45, 7) is 0. The number of halogens is 2. The molecule has 0 spiro atoms. The van der Waals surface area contributed by atoms with Crippen molar-refractivity contribution < 1.29 is 9.50 Å². The molecule has 1 heterocycles. The number of aryl methyl sites for hydroxylation is 2. The molecule has 1 aromatic carbocycles. The lowest BCUT2D eigenvalue weighted by Crippen LogP contribution is -2.02. The second-order valence-electron chi connectivity index (χ2n) is 4.24. The number of aliphatic hydroxyl groups is 1. The molecule has 1 unspecified atom stereocenters. The molecule has 3 nitrogen and oxygen atoms in total. The summed E-state index contributed by atoms with van der Waals surface area (Å²) in [5.74, 6) is -0.471. The molecule has 0 bridgehead atoms. The first kappa shape index (κ1) is 13.1. The normalized spacial score (nSPS) is 12.7. The van der Waals surface area contributed by atoms with Gasteiger partial charge >= 0.3 is 0 Å². The number of aliphatic hydroxyl groups excluding tert-OH is 1. The zero-order chi connectivity index (χ0) is 13.1. The summed E-state index contributed by atoms with van der Waals surface area (Å²) in [6, 6.07) is 4.31. The fraction of sp³-hybridized carbons (Fsp3) is 0.308. The molecule has 1 atom stereocenters. The lowest BCUT2D eigenvalue weighted by Gasteiger charge is -2.11. The Hall–Kier alpha value is -1.39. The van der Waals surface area contributed by atoms with Gasteiger partial charge in [0.25, 0.3) is 0 Å². The molecule has 5 heteroatoms. The smallest absolute Gasteiger partial charge is 0.130 e. The van der Waals surface area contributed by atoms with Gasteiger partial charge in [-0.1, -0.05) is 17.7 Å². The first-order valence-electron chi connectivity index (χ1n) is 5.67. The monoisotopic (exact) mass is 268 g/mol. The van der Waals surface area contributed by atoms with Gasteiger partial charge in [-0.15, -0.1) is 0 Å². The Morgan fingerprint density at radius 1 is 1.50 bits per heavy atom. The lowest BCUT2D eigenvalue weighted by atomic mass is 10.0. The van der Waals surface area contributed by atoms with Crippen LogP contribution in [0.1, 0.15) is 23.7 Å². The van der Waals surface area contributed by atoms with Crippen LogP contribution < -0.4 is 0 Å². The molecule has 1 N–H and O–H groups in total. The number of benzene rings is 1. The molecule has 0 fully saturated rings. The van der Waals surface area contributed by atoms with Gasteiger partial charge in [-0.3, -0.25) is 4.68 Å². The molecule has 0 aliphatic rings. The van der Waals surface area contributed by atoms with Crippen molar-refractivity contribution in [2.24, 2.45) is 7.05 Å². The van der Waals surface area contributed by atoms with Crippen LogP contribution in [0, 0.1) is 5.82 Å². The highest BCUT2D eigenvalue weighted by Gasteiger charge is 2.13. The van der Waals surface area contributed by atoms with E-state index in [-0.39, 0.29) is 5.56 Å². The maximum Gasteiger partial charge on any atom is 0.130 e. The molecule has 2 rings (SSSR count). The van der Waals surface area contributed by atoms with E-state index >= 15 is 0 Å². The largest absolute Gasteiger partial charge is 0.388 e. The third kappa shape index (κ3) is 3.09. The van der Waals surface area contributed by atoms with Gasteiger partial charge in [0, 0.05) is 23.8 Å². The third-order valence-electron chi connectivity index (χ3n) is 2.79. The van der Waals surface area contributed by atoms with Gasteiger partial charge in [-0.25, -0.2) is 4.39 Å². The Morgan fingerprint density at radius 3 is 2.89 bits per heavy atom. The molecular formula is C13H14ClFN2O. The molecular weight excluding hydrogens is 255 g/mol. The van der Waals surface area contributed by atoms with Gasteiger partial charge < -0.3 is 5.11 Å². The SMILES string of the molecule is Cn1cc(CCC(O)c2ccc(Cl)cc2F)cn1. The summed E-state index contributed by atoms with van der Waals surface area (Å²) in [5, 5.41) is 14.3. The van der Waals surface area contributed by atoms with Crippen molar-refractivity contribution in [1.82, 2.24) is 9.78 Å². The van der Waals surface area contributed by atoms with Gasteiger partial charge in [0.1, 0.15) is 5.82 Å². The summed E-state index contributed by atoms with van der Waals surface area (Å²) < 4.78 is 15.3. The minimum absolute atomic E-state index is 0.281. The van der Waals surface area contributed by atoms with E-state index in [9.17, 15) is 9.50 Å². The second kappa shape index (κ2) is 5.50. The van der Waals surface area contributed by atoms with Crippen LogP contribution >= 0.6 is 11.6 Å². The molecule has 0 saturated heterocycles. The van der Waals surface area contributed by atoms with E-state index in [0.29, 0.717) is 17.9 Å². The minimum atomic E-state index is -0.831. The van der Waals surface area contributed by atoms with Crippen LogP contribution in [0.3, 0.4) is 0 Å². The van der Waals surface area contributed by atoms with Crippen LogP contribution in [0.25, 0.3) is 0 Å². The summed E-state index contributed by atoms with van der Waals surface area (Å²) in [7, 11) is 1.83. The second-order valence-corrected chi connectivity index (χ2v) is 4.68. The Labute approximate surface area is 110 Å². The first-order chi connectivity index (χ1) is 8.56. The van der Waals surface area contributed by atoms with Crippen LogP contribution in [0.15, 0.2) is 30.6 Å². The highest BCUT2D eigenvalue weighted by Crippen LogP contribution is 2.24. The molecule has 0 radical (unpaired) electrons. The predicted molar refractivity (Wildman–Crippen MR) is 67.9 cm³/mol. The number of aromatic nitrogens is 2. The molecule has 0 amide bonds. The Morgan fingerprint density at radius 2 is 2.28 bits per heavy atom. The number of hydrogen-bond donors (Lipinski definition) is 1. The third-order valence-corrected chi connectivity index (χ3v) is 3.02. The molecule has 2 aromatic rings. The lowest BCUT2D eigenvalue weighted by molar-refractivity contribution is 0.163. The van der Waals surface area contributed by atoms with Gasteiger partial charge in [0.15, 0.2) is 0 Å². The van der Waals surface area contributed by atoms with Crippen molar-refractivity contribution in [2.75, 3.05) is 0 Å². The Balaban J connectivity index is 2.01. The standard InChI is InChI=1S/C13H14ClFN2O/c1-17-8-9(7-16-17)2-5-13(18)11-4-3-10(14)6-12(11)15/h3-4,6-8,13,18H,2,5H2,1H3. The highest BCUT2D eigenvalue weighted by molar-refractivity contribution is 6.30. The van der Waals surface area contributed by atoms with E-state index < -0.39 is 11.9 Å². The van der Waals surface area contributed by atoms with Crippen LogP contribution in [0.5, 0.6) is 0 Å². The number of rotatable bonds is 4. The minimum Gasteiger partial charge on any atom is -0.388 e. The van der Waals surface area contributed by atoms with Crippen molar-refractivity contribution in [1.29, 1.82) is 0 Å². The van der Waals surface area contributed by atoms with Gasteiger partial charge in [-0.05, 0) is 30.5 Å². The van der Waals surface area contributed by atoms with Crippen molar-refractivity contribution >= 4 is 11.6 Å². The van der Waals surface area contributed by atoms with Gasteiger partial charge in [-0.2, -0.15) is 5.10 Å². The Bertz CT molecular complexity index is 542. The van der Waals surface area contributed by atoms with E-state index in [0.717, 1.165) is 5.56 Å². The summed E-state index contributed by atoms with van der Waals surface area (Å²) >= 11 is 5.66. The van der Waals surface area contributed by atoms with Crippen molar-refractivity contribution in [3.63, 3.8) is 0 Å². The number of nitrogens with zero attached hydrogens (tertiary/aromatic N) is 2. The first-order valence-corrected chi connectivity index (χ1v) is 6.04. The van der Waals surface area contributed by atoms with Gasteiger partial charge in [0.05, 0.1) is 12.3 Å². The van der Waals surface area contributed by atoms with Crippen molar-refractivity contribution in [2.45, 2.75) is 18.9 Å². The average Bonchev–Trinajstić information content (AvgIpc) is 2.72. The Kier molecular flexibility index (Phi) is 3.99. The molecule has 0 saturated carbocycles. The molecule has 1 aromatic heterocycles. The van der Waals surface area contributed by atoms with E-state index in [1.807, 2.05) is 13.2 Å². The van der Waals surface area contributed by atoms with E-state index in [1.54, 1.807) is 16.9 Å².